The fourth-order valence-electron chi connectivity index (χ4n) is 3.62. The van der Waals surface area contributed by atoms with Crippen LogP contribution in [0.3, 0.4) is 0 Å². The van der Waals surface area contributed by atoms with Gasteiger partial charge in [-0.1, -0.05) is 49.6 Å². The van der Waals surface area contributed by atoms with E-state index in [2.05, 4.69) is 0 Å². The third-order valence-corrected chi connectivity index (χ3v) is 5.20. The fourth-order valence-corrected chi connectivity index (χ4v) is 3.62. The minimum atomic E-state index is -0.801. The average molecular weight is 369 g/mol. The highest BCUT2D eigenvalue weighted by Gasteiger charge is 2.27. The second-order valence-corrected chi connectivity index (χ2v) is 7.17. The Hall–Kier alpha value is -2.56. The fraction of sp³-hybridized carbons (Fsp3) is 0.455. The lowest BCUT2D eigenvalue weighted by Gasteiger charge is -2.32. The quantitative estimate of drug-likeness (QED) is 0.724. The largest absolute Gasteiger partial charge is 0.482 e. The SMILES string of the molecule is C[C@H](OC(=O)COc1ccc2ccccc2c1)C(=O)N(C)C1CCCCC1. The maximum absolute atomic E-state index is 12.5. The summed E-state index contributed by atoms with van der Waals surface area (Å²) in [4.78, 5) is 26.3. The molecule has 1 fully saturated rings. The summed E-state index contributed by atoms with van der Waals surface area (Å²) >= 11 is 0. The van der Waals surface area contributed by atoms with Crippen LogP contribution in [0.4, 0.5) is 0 Å². The zero-order chi connectivity index (χ0) is 19.2. The zero-order valence-electron chi connectivity index (χ0n) is 16.0. The summed E-state index contributed by atoms with van der Waals surface area (Å²) in [5.41, 5.74) is 0. The van der Waals surface area contributed by atoms with Gasteiger partial charge in [-0.3, -0.25) is 4.79 Å². The first-order chi connectivity index (χ1) is 13.0. The average Bonchev–Trinajstić information content (AvgIpc) is 2.71. The molecule has 1 atom stereocenters. The Morgan fingerprint density at radius 3 is 2.52 bits per heavy atom. The summed E-state index contributed by atoms with van der Waals surface area (Å²) in [5, 5.41) is 2.15. The number of hydrogen-bond acceptors (Lipinski definition) is 4. The number of likely N-dealkylation sites (N-methyl/N-ethyl adjacent to an activating group) is 1. The topological polar surface area (TPSA) is 55.8 Å². The molecule has 0 aromatic heterocycles. The highest BCUT2D eigenvalue weighted by Crippen LogP contribution is 2.23. The lowest BCUT2D eigenvalue weighted by molar-refractivity contribution is -0.161. The third-order valence-electron chi connectivity index (χ3n) is 5.20. The van der Waals surface area contributed by atoms with E-state index >= 15 is 0 Å². The standard InChI is InChI=1S/C22H27NO4/c1-16(22(25)23(2)19-10-4-3-5-11-19)27-21(24)15-26-20-13-12-17-8-6-7-9-18(17)14-20/h6-9,12-14,16,19H,3-5,10-11,15H2,1-2H3/t16-/m0/s1. The van der Waals surface area contributed by atoms with Crippen LogP contribution in [0.15, 0.2) is 42.5 Å². The lowest BCUT2D eigenvalue weighted by Crippen LogP contribution is -2.44. The summed E-state index contributed by atoms with van der Waals surface area (Å²) < 4.78 is 10.8. The normalized spacial score (nSPS) is 15.9. The molecule has 0 spiro atoms. The van der Waals surface area contributed by atoms with Crippen LogP contribution in [-0.2, 0) is 14.3 Å². The number of benzene rings is 2. The van der Waals surface area contributed by atoms with Crippen LogP contribution in [0.5, 0.6) is 5.75 Å². The predicted molar refractivity (Wildman–Crippen MR) is 105 cm³/mol. The molecule has 0 bridgehead atoms. The minimum absolute atomic E-state index is 0.152. The maximum Gasteiger partial charge on any atom is 0.344 e. The summed E-state index contributed by atoms with van der Waals surface area (Å²) in [7, 11) is 1.80. The molecular weight excluding hydrogens is 342 g/mol. The van der Waals surface area contributed by atoms with Gasteiger partial charge in [0.1, 0.15) is 5.75 Å². The van der Waals surface area contributed by atoms with Crippen molar-refractivity contribution in [1.82, 2.24) is 4.90 Å². The van der Waals surface area contributed by atoms with Crippen LogP contribution in [0, 0.1) is 0 Å². The van der Waals surface area contributed by atoms with Gasteiger partial charge in [0.05, 0.1) is 0 Å². The van der Waals surface area contributed by atoms with Crippen LogP contribution in [0.25, 0.3) is 10.8 Å². The van der Waals surface area contributed by atoms with Crippen LogP contribution < -0.4 is 4.74 Å². The highest BCUT2D eigenvalue weighted by molar-refractivity contribution is 5.85. The molecule has 1 aliphatic rings. The molecule has 3 rings (SSSR count). The Bertz CT molecular complexity index is 798. The molecule has 2 aromatic carbocycles. The van der Waals surface area contributed by atoms with E-state index in [1.165, 1.54) is 6.42 Å². The molecule has 144 valence electrons. The lowest BCUT2D eigenvalue weighted by atomic mass is 9.94. The van der Waals surface area contributed by atoms with Crippen molar-refractivity contribution < 1.29 is 19.1 Å². The van der Waals surface area contributed by atoms with Gasteiger partial charge in [0.2, 0.25) is 0 Å². The second kappa shape index (κ2) is 8.89. The predicted octanol–water partition coefficient (Wildman–Crippen LogP) is 3.94. The van der Waals surface area contributed by atoms with Gasteiger partial charge in [-0.05, 0) is 42.7 Å². The molecule has 5 heteroatoms. The Labute approximate surface area is 160 Å². The van der Waals surface area contributed by atoms with Gasteiger partial charge in [-0.25, -0.2) is 4.79 Å². The van der Waals surface area contributed by atoms with Gasteiger partial charge < -0.3 is 14.4 Å². The molecule has 0 heterocycles. The van der Waals surface area contributed by atoms with E-state index in [1.807, 2.05) is 42.5 Å². The van der Waals surface area contributed by atoms with Gasteiger partial charge in [-0.2, -0.15) is 0 Å². The van der Waals surface area contributed by atoms with Crippen LogP contribution >= 0.6 is 0 Å². The van der Waals surface area contributed by atoms with E-state index in [1.54, 1.807) is 18.9 Å². The van der Waals surface area contributed by atoms with Crippen molar-refractivity contribution in [1.29, 1.82) is 0 Å². The molecular formula is C22H27NO4. The molecule has 1 amide bonds. The number of esters is 1. The Balaban J connectivity index is 1.49. The van der Waals surface area contributed by atoms with Gasteiger partial charge >= 0.3 is 5.97 Å². The number of carbonyl (C=O) groups excluding carboxylic acids is 2. The number of rotatable bonds is 6. The molecule has 5 nitrogen and oxygen atoms in total. The summed E-state index contributed by atoms with van der Waals surface area (Å²) in [5.74, 6) is -0.0917. The molecule has 0 radical (unpaired) electrons. The van der Waals surface area contributed by atoms with Crippen LogP contribution in [0.1, 0.15) is 39.0 Å². The number of carbonyl (C=O) groups is 2. The molecule has 0 N–H and O–H groups in total. The van der Waals surface area contributed by atoms with E-state index in [-0.39, 0.29) is 18.6 Å². The number of amides is 1. The van der Waals surface area contributed by atoms with Crippen LogP contribution in [0.2, 0.25) is 0 Å². The van der Waals surface area contributed by atoms with Gasteiger partial charge in [0, 0.05) is 13.1 Å². The third kappa shape index (κ3) is 5.00. The number of ether oxygens (including phenoxy) is 2. The maximum atomic E-state index is 12.5. The molecule has 27 heavy (non-hydrogen) atoms. The summed E-state index contributed by atoms with van der Waals surface area (Å²) in [6.07, 6.45) is 4.77. The van der Waals surface area contributed by atoms with E-state index in [9.17, 15) is 9.59 Å². The Morgan fingerprint density at radius 2 is 1.78 bits per heavy atom. The first-order valence-electron chi connectivity index (χ1n) is 9.62. The van der Waals surface area contributed by atoms with Crippen molar-refractivity contribution in [3.63, 3.8) is 0 Å². The first kappa shape index (κ1) is 19.2. The number of hydrogen-bond donors (Lipinski definition) is 0. The number of nitrogens with zero attached hydrogens (tertiary/aromatic N) is 1. The van der Waals surface area contributed by atoms with Gasteiger partial charge in [0.25, 0.3) is 5.91 Å². The van der Waals surface area contributed by atoms with Crippen molar-refractivity contribution in [2.24, 2.45) is 0 Å². The van der Waals surface area contributed by atoms with E-state index in [4.69, 9.17) is 9.47 Å². The zero-order valence-corrected chi connectivity index (χ0v) is 16.0. The van der Waals surface area contributed by atoms with Crippen molar-refractivity contribution in [3.8, 4) is 5.75 Å². The molecule has 1 saturated carbocycles. The van der Waals surface area contributed by atoms with Crippen molar-refractivity contribution in [3.05, 3.63) is 42.5 Å². The molecule has 0 unspecified atom stereocenters. The first-order valence-corrected chi connectivity index (χ1v) is 9.62. The monoisotopic (exact) mass is 369 g/mol. The van der Waals surface area contributed by atoms with E-state index in [0.717, 1.165) is 36.5 Å². The van der Waals surface area contributed by atoms with Crippen molar-refractivity contribution >= 4 is 22.6 Å². The van der Waals surface area contributed by atoms with Gasteiger partial charge in [-0.15, -0.1) is 0 Å². The molecule has 1 aliphatic carbocycles. The van der Waals surface area contributed by atoms with E-state index < -0.39 is 12.1 Å². The second-order valence-electron chi connectivity index (χ2n) is 7.17. The Morgan fingerprint density at radius 1 is 1.07 bits per heavy atom. The van der Waals surface area contributed by atoms with Crippen LogP contribution in [-0.4, -0.2) is 42.6 Å². The van der Waals surface area contributed by atoms with Crippen molar-refractivity contribution in [2.75, 3.05) is 13.7 Å². The molecule has 0 aliphatic heterocycles. The summed E-state index contributed by atoms with van der Waals surface area (Å²) in [6, 6.07) is 13.8. The van der Waals surface area contributed by atoms with Crippen molar-refractivity contribution in [2.45, 2.75) is 51.2 Å². The highest BCUT2D eigenvalue weighted by atomic mass is 16.6. The Kier molecular flexibility index (Phi) is 6.32. The van der Waals surface area contributed by atoms with Gasteiger partial charge in [0.15, 0.2) is 12.7 Å². The minimum Gasteiger partial charge on any atom is -0.482 e. The number of fused-ring (bicyclic) bond motifs is 1. The molecule has 0 saturated heterocycles. The summed E-state index contributed by atoms with van der Waals surface area (Å²) in [6.45, 7) is 1.40. The van der Waals surface area contributed by atoms with E-state index in [0.29, 0.717) is 5.75 Å². The smallest absolute Gasteiger partial charge is 0.344 e. The molecule has 2 aromatic rings.